The number of anilines is 1. The first-order valence-electron chi connectivity index (χ1n) is 9.37. The van der Waals surface area contributed by atoms with Crippen molar-refractivity contribution in [2.75, 3.05) is 25.6 Å². The summed E-state index contributed by atoms with van der Waals surface area (Å²) in [5.74, 6) is 0.0410. The lowest BCUT2D eigenvalue weighted by atomic mass is 10.1. The van der Waals surface area contributed by atoms with E-state index >= 15 is 0 Å². The fourth-order valence-corrected chi connectivity index (χ4v) is 4.37. The molecule has 0 unspecified atom stereocenters. The highest BCUT2D eigenvalue weighted by atomic mass is 32.1. The van der Waals surface area contributed by atoms with Crippen molar-refractivity contribution in [3.05, 3.63) is 40.3 Å². The number of hydrogen-bond donors (Lipinski definition) is 1. The van der Waals surface area contributed by atoms with E-state index in [0.717, 1.165) is 37.7 Å². The minimum Gasteiger partial charge on any atom is -0.497 e. The molecule has 0 saturated heterocycles. The van der Waals surface area contributed by atoms with E-state index in [1.54, 1.807) is 31.4 Å². The van der Waals surface area contributed by atoms with Crippen LogP contribution in [0, 0.1) is 11.3 Å². The van der Waals surface area contributed by atoms with Gasteiger partial charge in [0.2, 0.25) is 0 Å². The Hall–Kier alpha value is -3.05. The number of nitriles is 1. The number of thiophene rings is 1. The van der Waals surface area contributed by atoms with Crippen molar-refractivity contribution < 1.29 is 23.8 Å². The van der Waals surface area contributed by atoms with Crippen molar-refractivity contribution in [1.29, 1.82) is 5.26 Å². The van der Waals surface area contributed by atoms with Gasteiger partial charge in [0.05, 0.1) is 12.7 Å². The van der Waals surface area contributed by atoms with Gasteiger partial charge in [0.15, 0.2) is 13.2 Å². The molecule has 8 heteroatoms. The van der Waals surface area contributed by atoms with Gasteiger partial charge in [0.25, 0.3) is 5.91 Å². The molecule has 0 atom stereocenters. The lowest BCUT2D eigenvalue weighted by molar-refractivity contribution is -0.149. The minimum atomic E-state index is -0.654. The predicted molar refractivity (Wildman–Crippen MR) is 108 cm³/mol. The Labute approximate surface area is 173 Å². The van der Waals surface area contributed by atoms with Crippen molar-refractivity contribution >= 4 is 28.2 Å². The third kappa shape index (κ3) is 5.48. The molecule has 0 aliphatic heterocycles. The molecule has 2 aromatic rings. The zero-order valence-electron chi connectivity index (χ0n) is 16.2. The molecule has 1 aromatic heterocycles. The Morgan fingerprint density at radius 3 is 2.55 bits per heavy atom. The van der Waals surface area contributed by atoms with E-state index < -0.39 is 18.5 Å². The fourth-order valence-electron chi connectivity index (χ4n) is 3.11. The molecule has 0 bridgehead atoms. The summed E-state index contributed by atoms with van der Waals surface area (Å²) >= 11 is 1.44. The molecule has 0 radical (unpaired) electrons. The molecule has 0 fully saturated rings. The van der Waals surface area contributed by atoms with Gasteiger partial charge in [-0.15, -0.1) is 11.3 Å². The van der Waals surface area contributed by atoms with E-state index in [2.05, 4.69) is 11.4 Å². The maximum Gasteiger partial charge on any atom is 0.344 e. The van der Waals surface area contributed by atoms with Gasteiger partial charge >= 0.3 is 5.97 Å². The number of fused-ring (bicyclic) bond motifs is 1. The summed E-state index contributed by atoms with van der Waals surface area (Å²) in [6.45, 7) is -0.741. The molecule has 3 rings (SSSR count). The molecular formula is C21H22N2O5S. The summed E-state index contributed by atoms with van der Waals surface area (Å²) in [5.41, 5.74) is 1.59. The van der Waals surface area contributed by atoms with E-state index in [4.69, 9.17) is 14.2 Å². The maximum atomic E-state index is 12.2. The number of nitrogens with zero attached hydrogens (tertiary/aromatic N) is 1. The molecule has 1 amide bonds. The van der Waals surface area contributed by atoms with Crippen LogP contribution < -0.4 is 14.8 Å². The lowest BCUT2D eigenvalue weighted by Crippen LogP contribution is -2.23. The summed E-state index contributed by atoms with van der Waals surface area (Å²) < 4.78 is 15.3. The Bertz CT molecular complexity index is 914. The third-order valence-electron chi connectivity index (χ3n) is 4.57. The fraction of sp³-hybridized carbons (Fsp3) is 0.381. The van der Waals surface area contributed by atoms with Crippen LogP contribution in [-0.2, 0) is 27.2 Å². The summed E-state index contributed by atoms with van der Waals surface area (Å²) in [5, 5.41) is 12.7. The molecule has 0 saturated carbocycles. The zero-order valence-corrected chi connectivity index (χ0v) is 17.0. The number of nitrogens with one attached hydrogen (secondary N) is 1. The van der Waals surface area contributed by atoms with Crippen LogP contribution in [0.3, 0.4) is 0 Å². The van der Waals surface area contributed by atoms with Crippen LogP contribution in [0.5, 0.6) is 11.5 Å². The van der Waals surface area contributed by atoms with Crippen molar-refractivity contribution in [3.63, 3.8) is 0 Å². The van der Waals surface area contributed by atoms with Crippen LogP contribution in [0.25, 0.3) is 0 Å². The number of aryl methyl sites for hydroxylation is 1. The minimum absolute atomic E-state index is 0.309. The second-order valence-corrected chi connectivity index (χ2v) is 7.66. The van der Waals surface area contributed by atoms with Gasteiger partial charge in [-0.3, -0.25) is 4.79 Å². The first-order valence-corrected chi connectivity index (χ1v) is 10.2. The van der Waals surface area contributed by atoms with Crippen LogP contribution in [0.4, 0.5) is 5.00 Å². The number of esters is 1. The van der Waals surface area contributed by atoms with E-state index in [9.17, 15) is 14.9 Å². The van der Waals surface area contributed by atoms with Crippen LogP contribution in [0.1, 0.15) is 35.3 Å². The Kier molecular flexibility index (Phi) is 7.09. The highest BCUT2D eigenvalue weighted by Crippen LogP contribution is 2.36. The second-order valence-electron chi connectivity index (χ2n) is 6.55. The van der Waals surface area contributed by atoms with Crippen LogP contribution in [-0.4, -0.2) is 32.2 Å². The highest BCUT2D eigenvalue weighted by molar-refractivity contribution is 7.16. The van der Waals surface area contributed by atoms with E-state index in [1.807, 2.05) is 0 Å². The summed E-state index contributed by atoms with van der Waals surface area (Å²) in [4.78, 5) is 25.1. The Morgan fingerprint density at radius 2 is 1.83 bits per heavy atom. The monoisotopic (exact) mass is 414 g/mol. The van der Waals surface area contributed by atoms with E-state index in [-0.39, 0.29) is 6.61 Å². The van der Waals surface area contributed by atoms with Gasteiger partial charge in [-0.2, -0.15) is 5.26 Å². The van der Waals surface area contributed by atoms with Crippen molar-refractivity contribution in [3.8, 4) is 17.6 Å². The Morgan fingerprint density at radius 1 is 1.10 bits per heavy atom. The van der Waals surface area contributed by atoms with Gasteiger partial charge in [0.1, 0.15) is 22.6 Å². The first kappa shape index (κ1) is 20.7. The lowest BCUT2D eigenvalue weighted by Gasteiger charge is -2.08. The molecule has 1 N–H and O–H groups in total. The predicted octanol–water partition coefficient (Wildman–Crippen LogP) is 3.46. The quantitative estimate of drug-likeness (QED) is 0.550. The first-order chi connectivity index (χ1) is 14.1. The molecular weight excluding hydrogens is 392 g/mol. The topological polar surface area (TPSA) is 97.7 Å². The van der Waals surface area contributed by atoms with Gasteiger partial charge < -0.3 is 19.5 Å². The zero-order chi connectivity index (χ0) is 20.6. The SMILES string of the molecule is COc1ccc(OCC(=O)OCC(=O)Nc2sc3c(c2C#N)CCCCC3)cc1. The average Bonchev–Trinajstić information content (AvgIpc) is 2.89. The number of hydrogen-bond acceptors (Lipinski definition) is 7. The molecule has 1 aromatic carbocycles. The number of rotatable bonds is 7. The smallest absolute Gasteiger partial charge is 0.344 e. The number of carbonyl (C=O) groups excluding carboxylic acids is 2. The van der Waals surface area contributed by atoms with Crippen LogP contribution in [0.2, 0.25) is 0 Å². The molecule has 152 valence electrons. The number of amides is 1. The van der Waals surface area contributed by atoms with Gasteiger partial charge in [-0.25, -0.2) is 4.79 Å². The van der Waals surface area contributed by atoms with Crippen LogP contribution >= 0.6 is 11.3 Å². The largest absolute Gasteiger partial charge is 0.497 e. The molecule has 29 heavy (non-hydrogen) atoms. The molecule has 7 nitrogen and oxygen atoms in total. The Balaban J connectivity index is 1.48. The van der Waals surface area contributed by atoms with Crippen molar-refractivity contribution in [2.45, 2.75) is 32.1 Å². The average molecular weight is 414 g/mol. The molecule has 1 aliphatic rings. The van der Waals surface area contributed by atoms with Gasteiger partial charge in [-0.05, 0) is 55.5 Å². The summed E-state index contributed by atoms with van der Waals surface area (Å²) in [6, 6.07) is 8.97. The van der Waals surface area contributed by atoms with Crippen molar-refractivity contribution in [2.24, 2.45) is 0 Å². The molecule has 1 heterocycles. The highest BCUT2D eigenvalue weighted by Gasteiger charge is 2.21. The summed E-state index contributed by atoms with van der Waals surface area (Å²) in [7, 11) is 1.56. The standard InChI is InChI=1S/C21H22N2O5S/c1-26-14-7-9-15(10-8-14)27-13-20(25)28-12-19(24)23-21-17(11-22)16-5-3-2-4-6-18(16)29-21/h7-10H,2-6,12-13H2,1H3,(H,23,24). The second kappa shape index (κ2) is 9.94. The van der Waals surface area contributed by atoms with Gasteiger partial charge in [0, 0.05) is 4.88 Å². The maximum absolute atomic E-state index is 12.2. The molecule has 1 aliphatic carbocycles. The van der Waals surface area contributed by atoms with E-state index in [1.165, 1.54) is 16.2 Å². The van der Waals surface area contributed by atoms with E-state index in [0.29, 0.717) is 22.1 Å². The number of carbonyl (C=O) groups is 2. The summed E-state index contributed by atoms with van der Waals surface area (Å²) in [6.07, 6.45) is 5.10. The molecule has 0 spiro atoms. The van der Waals surface area contributed by atoms with Crippen LogP contribution in [0.15, 0.2) is 24.3 Å². The van der Waals surface area contributed by atoms with Crippen molar-refractivity contribution in [1.82, 2.24) is 0 Å². The normalized spacial score (nSPS) is 12.8. The number of benzene rings is 1. The van der Waals surface area contributed by atoms with Gasteiger partial charge in [-0.1, -0.05) is 6.42 Å². The number of methoxy groups -OCH3 is 1. The third-order valence-corrected chi connectivity index (χ3v) is 5.77. The number of ether oxygens (including phenoxy) is 3.